The lowest BCUT2D eigenvalue weighted by Gasteiger charge is -2.07. The van der Waals surface area contributed by atoms with E-state index in [-0.39, 0.29) is 5.91 Å². The van der Waals surface area contributed by atoms with Crippen molar-refractivity contribution in [3.63, 3.8) is 0 Å². The Morgan fingerprint density at radius 3 is 2.88 bits per heavy atom. The van der Waals surface area contributed by atoms with Crippen molar-refractivity contribution in [1.82, 2.24) is 5.32 Å². The molecule has 0 bridgehead atoms. The average Bonchev–Trinajstić information content (AvgIpc) is 2.28. The van der Waals surface area contributed by atoms with Gasteiger partial charge in [0.05, 0.1) is 6.61 Å². The summed E-state index contributed by atoms with van der Waals surface area (Å²) in [6, 6.07) is 5.56. The van der Waals surface area contributed by atoms with E-state index in [0.717, 1.165) is 17.0 Å². The first-order valence-electron chi connectivity index (χ1n) is 5.33. The number of nitrogen functional groups attached to an aromatic ring is 1. The molecular formula is C12H18N2O2. The second-order valence-electron chi connectivity index (χ2n) is 3.64. The van der Waals surface area contributed by atoms with Crippen LogP contribution in [-0.2, 0) is 4.79 Å². The normalized spacial score (nSPS) is 9.88. The van der Waals surface area contributed by atoms with Gasteiger partial charge in [0.2, 0.25) is 5.91 Å². The molecule has 0 fully saturated rings. The van der Waals surface area contributed by atoms with Gasteiger partial charge in [-0.1, -0.05) is 0 Å². The number of benzene rings is 1. The molecule has 4 nitrogen and oxygen atoms in total. The maximum atomic E-state index is 10.9. The molecule has 4 heteroatoms. The van der Waals surface area contributed by atoms with Crippen LogP contribution in [0.25, 0.3) is 0 Å². The molecule has 1 aromatic carbocycles. The molecule has 0 saturated heterocycles. The Labute approximate surface area is 95.8 Å². The monoisotopic (exact) mass is 222 g/mol. The highest BCUT2D eigenvalue weighted by molar-refractivity contribution is 5.75. The number of aryl methyl sites for hydroxylation is 1. The summed E-state index contributed by atoms with van der Waals surface area (Å²) in [4.78, 5) is 10.9. The molecule has 1 aromatic rings. The van der Waals surface area contributed by atoms with Crippen LogP contribution in [0, 0.1) is 6.92 Å². The number of hydrogen-bond acceptors (Lipinski definition) is 3. The largest absolute Gasteiger partial charge is 0.494 e. The molecule has 16 heavy (non-hydrogen) atoms. The van der Waals surface area contributed by atoms with E-state index < -0.39 is 0 Å². The van der Waals surface area contributed by atoms with Crippen molar-refractivity contribution in [3.8, 4) is 5.75 Å². The molecule has 3 N–H and O–H groups in total. The molecule has 0 unspecified atom stereocenters. The first kappa shape index (κ1) is 12.4. The predicted octanol–water partition coefficient (Wildman–Crippen LogP) is 1.48. The first-order valence-corrected chi connectivity index (χ1v) is 5.33. The summed E-state index contributed by atoms with van der Waals surface area (Å²) in [5, 5.41) is 2.57. The second kappa shape index (κ2) is 6.00. The fourth-order valence-corrected chi connectivity index (χ4v) is 1.29. The van der Waals surface area contributed by atoms with Crippen molar-refractivity contribution in [2.45, 2.75) is 19.8 Å². The highest BCUT2D eigenvalue weighted by atomic mass is 16.5. The van der Waals surface area contributed by atoms with Gasteiger partial charge in [-0.15, -0.1) is 0 Å². The Bertz CT molecular complexity index is 364. The Kier molecular flexibility index (Phi) is 4.64. The zero-order chi connectivity index (χ0) is 12.0. The van der Waals surface area contributed by atoms with Gasteiger partial charge in [-0.05, 0) is 37.1 Å². The van der Waals surface area contributed by atoms with Gasteiger partial charge < -0.3 is 15.8 Å². The molecule has 0 spiro atoms. The number of carbonyl (C=O) groups is 1. The van der Waals surface area contributed by atoms with Crippen LogP contribution in [0.15, 0.2) is 18.2 Å². The van der Waals surface area contributed by atoms with Crippen LogP contribution in [0.3, 0.4) is 0 Å². The van der Waals surface area contributed by atoms with Gasteiger partial charge in [-0.3, -0.25) is 4.79 Å². The lowest BCUT2D eigenvalue weighted by molar-refractivity contribution is -0.120. The summed E-state index contributed by atoms with van der Waals surface area (Å²) in [6.07, 6.45) is 1.20. The topological polar surface area (TPSA) is 64.3 Å². The molecule has 0 aliphatic rings. The minimum Gasteiger partial charge on any atom is -0.494 e. The van der Waals surface area contributed by atoms with E-state index in [1.807, 2.05) is 25.1 Å². The second-order valence-corrected chi connectivity index (χ2v) is 3.64. The van der Waals surface area contributed by atoms with Gasteiger partial charge in [0.1, 0.15) is 5.75 Å². The smallest absolute Gasteiger partial charge is 0.219 e. The Balaban J connectivity index is 2.32. The van der Waals surface area contributed by atoms with Crippen LogP contribution in [0.4, 0.5) is 5.69 Å². The summed E-state index contributed by atoms with van der Waals surface area (Å²) in [7, 11) is 1.63. The Morgan fingerprint density at radius 1 is 1.50 bits per heavy atom. The number of amides is 1. The minimum absolute atomic E-state index is 0.0390. The molecule has 0 atom stereocenters. The molecule has 0 aliphatic heterocycles. The van der Waals surface area contributed by atoms with Gasteiger partial charge in [0.15, 0.2) is 0 Å². The number of carbonyl (C=O) groups excluding carboxylic acids is 1. The van der Waals surface area contributed by atoms with E-state index in [2.05, 4.69) is 5.32 Å². The van der Waals surface area contributed by atoms with Crippen LogP contribution >= 0.6 is 0 Å². The molecule has 88 valence electrons. The lowest BCUT2D eigenvalue weighted by Crippen LogP contribution is -2.18. The van der Waals surface area contributed by atoms with Crippen molar-refractivity contribution in [1.29, 1.82) is 0 Å². The third-order valence-corrected chi connectivity index (χ3v) is 2.34. The third-order valence-electron chi connectivity index (χ3n) is 2.34. The van der Waals surface area contributed by atoms with Crippen molar-refractivity contribution in [3.05, 3.63) is 23.8 Å². The van der Waals surface area contributed by atoms with E-state index in [4.69, 9.17) is 10.5 Å². The molecule has 0 radical (unpaired) electrons. The van der Waals surface area contributed by atoms with Crippen LogP contribution in [0.5, 0.6) is 5.75 Å². The molecule has 1 amide bonds. The van der Waals surface area contributed by atoms with Crippen LogP contribution in [-0.4, -0.2) is 19.6 Å². The Hall–Kier alpha value is -1.71. The van der Waals surface area contributed by atoms with Gasteiger partial charge in [-0.25, -0.2) is 0 Å². The number of hydrogen-bond donors (Lipinski definition) is 2. The van der Waals surface area contributed by atoms with Crippen molar-refractivity contribution in [2.75, 3.05) is 19.4 Å². The molecule has 1 rings (SSSR count). The molecule has 0 saturated carbocycles. The quantitative estimate of drug-likeness (QED) is 0.586. The van der Waals surface area contributed by atoms with Gasteiger partial charge in [0, 0.05) is 19.2 Å². The number of anilines is 1. The van der Waals surface area contributed by atoms with E-state index in [9.17, 15) is 4.79 Å². The highest BCUT2D eigenvalue weighted by Gasteiger charge is 2.00. The maximum absolute atomic E-state index is 10.9. The summed E-state index contributed by atoms with van der Waals surface area (Å²) < 4.78 is 5.50. The molecule has 0 aromatic heterocycles. The summed E-state index contributed by atoms with van der Waals surface area (Å²) in [5.74, 6) is 0.834. The summed E-state index contributed by atoms with van der Waals surface area (Å²) in [5.41, 5.74) is 7.46. The zero-order valence-corrected chi connectivity index (χ0v) is 9.75. The van der Waals surface area contributed by atoms with Crippen molar-refractivity contribution in [2.24, 2.45) is 0 Å². The van der Waals surface area contributed by atoms with Crippen LogP contribution in [0.1, 0.15) is 18.4 Å². The summed E-state index contributed by atoms with van der Waals surface area (Å²) >= 11 is 0. The maximum Gasteiger partial charge on any atom is 0.219 e. The van der Waals surface area contributed by atoms with E-state index in [1.165, 1.54) is 0 Å². The number of ether oxygens (including phenoxy) is 1. The predicted molar refractivity (Wildman–Crippen MR) is 64.4 cm³/mol. The third kappa shape index (κ3) is 3.81. The first-order chi connectivity index (χ1) is 7.63. The number of rotatable bonds is 5. The molecule has 0 aliphatic carbocycles. The van der Waals surface area contributed by atoms with Crippen LogP contribution in [0.2, 0.25) is 0 Å². The highest BCUT2D eigenvalue weighted by Crippen LogP contribution is 2.18. The van der Waals surface area contributed by atoms with Gasteiger partial charge >= 0.3 is 0 Å². The molecule has 0 heterocycles. The standard InChI is InChI=1S/C12H18N2O2/c1-9-8-10(5-6-11(9)13)16-7-3-4-12(15)14-2/h5-6,8H,3-4,7,13H2,1-2H3,(H,14,15). The number of nitrogens with one attached hydrogen (secondary N) is 1. The average molecular weight is 222 g/mol. The Morgan fingerprint density at radius 2 is 2.25 bits per heavy atom. The van der Waals surface area contributed by atoms with Crippen LogP contribution < -0.4 is 15.8 Å². The van der Waals surface area contributed by atoms with Crippen molar-refractivity contribution < 1.29 is 9.53 Å². The fraction of sp³-hybridized carbons (Fsp3) is 0.417. The van der Waals surface area contributed by atoms with E-state index in [1.54, 1.807) is 7.05 Å². The SMILES string of the molecule is CNC(=O)CCCOc1ccc(N)c(C)c1. The summed E-state index contributed by atoms with van der Waals surface area (Å²) in [6.45, 7) is 2.48. The van der Waals surface area contributed by atoms with Gasteiger partial charge in [-0.2, -0.15) is 0 Å². The van der Waals surface area contributed by atoms with Crippen molar-refractivity contribution >= 4 is 11.6 Å². The lowest BCUT2D eigenvalue weighted by atomic mass is 10.2. The van der Waals surface area contributed by atoms with E-state index in [0.29, 0.717) is 19.4 Å². The molecular weight excluding hydrogens is 204 g/mol. The number of nitrogens with two attached hydrogens (primary N) is 1. The minimum atomic E-state index is 0.0390. The zero-order valence-electron chi connectivity index (χ0n) is 9.75. The van der Waals surface area contributed by atoms with Gasteiger partial charge in [0.25, 0.3) is 0 Å². The fourth-order valence-electron chi connectivity index (χ4n) is 1.29. The van der Waals surface area contributed by atoms with E-state index >= 15 is 0 Å².